The molecule has 0 aliphatic carbocycles. The molecule has 2 aromatic carbocycles. The van der Waals surface area contributed by atoms with Crippen LogP contribution in [0.15, 0.2) is 42.5 Å². The molecule has 4 N–H and O–H groups in total. The van der Waals surface area contributed by atoms with Crippen LogP contribution in [-0.2, 0) is 12.6 Å². The molecule has 24 heavy (non-hydrogen) atoms. The minimum absolute atomic E-state index is 0.199. The number of nitrogens with two attached hydrogens (primary N) is 1. The molecule has 0 saturated heterocycles. The summed E-state index contributed by atoms with van der Waals surface area (Å²) in [6.07, 6.45) is -4.37. The maximum atomic E-state index is 13.3. The zero-order chi connectivity index (χ0) is 17.7. The molecule has 0 heterocycles. The number of anilines is 2. The lowest BCUT2D eigenvalue weighted by Gasteiger charge is -2.12. The number of alkyl halides is 3. The van der Waals surface area contributed by atoms with Crippen molar-refractivity contribution in [1.29, 1.82) is 0 Å². The van der Waals surface area contributed by atoms with Crippen LogP contribution in [0.1, 0.15) is 11.1 Å². The lowest BCUT2D eigenvalue weighted by atomic mass is 10.1. The second kappa shape index (κ2) is 7.48. The Morgan fingerprint density at radius 2 is 1.75 bits per heavy atom. The summed E-state index contributed by atoms with van der Waals surface area (Å²) in [6.45, 7) is 0.265. The highest BCUT2D eigenvalue weighted by Gasteiger charge is 2.31. The average Bonchev–Trinajstić information content (AvgIpc) is 2.48. The Bertz CT molecular complexity index is 714. The standard InChI is InChI=1S/C16H15F4N3S/c17-12-8-10(7-11(9-12)16(18,19)20)5-6-22-15(24)23-14-3-1-13(21)2-4-14/h1-4,7-9H,5-6,21H2,(H2,22,23,24). The summed E-state index contributed by atoms with van der Waals surface area (Å²) in [5.41, 5.74) is 6.16. The van der Waals surface area contributed by atoms with Crippen molar-refractivity contribution >= 4 is 28.7 Å². The maximum absolute atomic E-state index is 13.3. The van der Waals surface area contributed by atoms with Crippen LogP contribution < -0.4 is 16.4 Å². The van der Waals surface area contributed by atoms with Crippen LogP contribution >= 0.6 is 12.2 Å². The van der Waals surface area contributed by atoms with Crippen LogP contribution in [0.4, 0.5) is 28.9 Å². The molecular formula is C16H15F4N3S. The van der Waals surface area contributed by atoms with Gasteiger partial charge in [-0.15, -0.1) is 0 Å². The minimum Gasteiger partial charge on any atom is -0.399 e. The monoisotopic (exact) mass is 357 g/mol. The Labute approximate surface area is 141 Å². The van der Waals surface area contributed by atoms with E-state index >= 15 is 0 Å². The van der Waals surface area contributed by atoms with Gasteiger partial charge in [-0.05, 0) is 66.7 Å². The molecule has 2 aromatic rings. The van der Waals surface area contributed by atoms with E-state index in [2.05, 4.69) is 10.6 Å². The minimum atomic E-state index is -4.57. The molecule has 0 unspecified atom stereocenters. The molecule has 0 fully saturated rings. The van der Waals surface area contributed by atoms with Gasteiger partial charge in [-0.3, -0.25) is 0 Å². The number of rotatable bonds is 4. The van der Waals surface area contributed by atoms with Crippen molar-refractivity contribution in [3.8, 4) is 0 Å². The molecule has 0 aliphatic rings. The zero-order valence-corrected chi connectivity index (χ0v) is 13.3. The van der Waals surface area contributed by atoms with Gasteiger partial charge in [0, 0.05) is 17.9 Å². The molecule has 8 heteroatoms. The van der Waals surface area contributed by atoms with Crippen molar-refractivity contribution in [2.24, 2.45) is 0 Å². The SMILES string of the molecule is Nc1ccc(NC(=S)NCCc2cc(F)cc(C(F)(F)F)c2)cc1. The molecule has 0 bridgehead atoms. The molecule has 0 spiro atoms. The second-order valence-electron chi connectivity index (χ2n) is 5.10. The van der Waals surface area contributed by atoms with Gasteiger partial charge < -0.3 is 16.4 Å². The highest BCUT2D eigenvalue weighted by Crippen LogP contribution is 2.30. The molecule has 0 radical (unpaired) electrons. The second-order valence-corrected chi connectivity index (χ2v) is 5.51. The molecule has 0 saturated carbocycles. The summed E-state index contributed by atoms with van der Waals surface area (Å²) in [6, 6.07) is 9.38. The van der Waals surface area contributed by atoms with Gasteiger partial charge in [0.1, 0.15) is 5.82 Å². The van der Waals surface area contributed by atoms with Crippen molar-refractivity contribution < 1.29 is 17.6 Å². The van der Waals surface area contributed by atoms with E-state index in [0.717, 1.165) is 17.8 Å². The number of benzene rings is 2. The summed E-state index contributed by atoms with van der Waals surface area (Å²) in [5, 5.41) is 6.08. The van der Waals surface area contributed by atoms with Crippen molar-refractivity contribution in [3.63, 3.8) is 0 Å². The van der Waals surface area contributed by atoms with Crippen LogP contribution in [-0.4, -0.2) is 11.7 Å². The maximum Gasteiger partial charge on any atom is 0.416 e. The summed E-state index contributed by atoms with van der Waals surface area (Å²) in [5.74, 6) is -0.914. The van der Waals surface area contributed by atoms with Crippen molar-refractivity contribution in [2.45, 2.75) is 12.6 Å². The number of thiocarbonyl (C=S) groups is 1. The van der Waals surface area contributed by atoms with Crippen molar-refractivity contribution in [2.75, 3.05) is 17.6 Å². The molecule has 0 aliphatic heterocycles. The van der Waals surface area contributed by atoms with E-state index in [-0.39, 0.29) is 18.5 Å². The van der Waals surface area contributed by atoms with Gasteiger partial charge in [0.2, 0.25) is 0 Å². The topological polar surface area (TPSA) is 50.1 Å². The van der Waals surface area contributed by atoms with Gasteiger partial charge in [0.25, 0.3) is 0 Å². The quantitative estimate of drug-likeness (QED) is 0.441. The summed E-state index contributed by atoms with van der Waals surface area (Å²) in [4.78, 5) is 0. The summed E-state index contributed by atoms with van der Waals surface area (Å²) >= 11 is 5.09. The molecule has 3 nitrogen and oxygen atoms in total. The van der Waals surface area contributed by atoms with E-state index in [9.17, 15) is 17.6 Å². The summed E-state index contributed by atoms with van der Waals surface area (Å²) in [7, 11) is 0. The molecular weight excluding hydrogens is 342 g/mol. The molecule has 0 atom stereocenters. The average molecular weight is 357 g/mol. The third-order valence-corrected chi connectivity index (χ3v) is 3.40. The predicted molar refractivity (Wildman–Crippen MR) is 90.2 cm³/mol. The smallest absolute Gasteiger partial charge is 0.399 e. The van der Waals surface area contributed by atoms with E-state index in [0.29, 0.717) is 16.9 Å². The molecule has 0 aromatic heterocycles. The van der Waals surface area contributed by atoms with Crippen LogP contribution in [0.5, 0.6) is 0 Å². The fraction of sp³-hybridized carbons (Fsp3) is 0.188. The lowest BCUT2D eigenvalue weighted by molar-refractivity contribution is -0.137. The Balaban J connectivity index is 1.88. The van der Waals surface area contributed by atoms with Crippen molar-refractivity contribution in [3.05, 3.63) is 59.4 Å². The fourth-order valence-corrected chi connectivity index (χ4v) is 2.24. The van der Waals surface area contributed by atoms with Crippen LogP contribution in [0, 0.1) is 5.82 Å². The van der Waals surface area contributed by atoms with Crippen LogP contribution in [0.2, 0.25) is 0 Å². The van der Waals surface area contributed by atoms with Gasteiger partial charge in [-0.1, -0.05) is 0 Å². The molecule has 2 rings (SSSR count). The van der Waals surface area contributed by atoms with E-state index in [1.165, 1.54) is 0 Å². The number of hydrogen-bond acceptors (Lipinski definition) is 2. The predicted octanol–water partition coefficient (Wildman–Crippen LogP) is 3.96. The van der Waals surface area contributed by atoms with E-state index in [1.807, 2.05) is 0 Å². The largest absolute Gasteiger partial charge is 0.416 e. The molecule has 128 valence electrons. The van der Waals surface area contributed by atoms with Crippen LogP contribution in [0.3, 0.4) is 0 Å². The zero-order valence-electron chi connectivity index (χ0n) is 12.5. The fourth-order valence-electron chi connectivity index (χ4n) is 2.02. The molecule has 0 amide bonds. The normalized spacial score (nSPS) is 11.2. The van der Waals surface area contributed by atoms with E-state index < -0.39 is 17.6 Å². The number of nitrogen functional groups attached to an aromatic ring is 1. The number of hydrogen-bond donors (Lipinski definition) is 3. The third kappa shape index (κ3) is 5.38. The Kier molecular flexibility index (Phi) is 5.61. The van der Waals surface area contributed by atoms with Gasteiger partial charge in [-0.2, -0.15) is 13.2 Å². The highest BCUT2D eigenvalue weighted by atomic mass is 32.1. The Hall–Kier alpha value is -2.35. The van der Waals surface area contributed by atoms with Crippen LogP contribution in [0.25, 0.3) is 0 Å². The van der Waals surface area contributed by atoms with Crippen molar-refractivity contribution in [1.82, 2.24) is 5.32 Å². The Morgan fingerprint density at radius 1 is 1.08 bits per heavy atom. The number of nitrogens with one attached hydrogen (secondary N) is 2. The number of halogens is 4. The highest BCUT2D eigenvalue weighted by molar-refractivity contribution is 7.80. The first-order valence-corrected chi connectivity index (χ1v) is 7.42. The lowest BCUT2D eigenvalue weighted by Crippen LogP contribution is -2.30. The van der Waals surface area contributed by atoms with Gasteiger partial charge in [0.05, 0.1) is 5.56 Å². The third-order valence-electron chi connectivity index (χ3n) is 3.15. The van der Waals surface area contributed by atoms with E-state index in [1.54, 1.807) is 24.3 Å². The van der Waals surface area contributed by atoms with Gasteiger partial charge >= 0.3 is 6.18 Å². The first-order valence-electron chi connectivity index (χ1n) is 7.01. The first-order chi connectivity index (χ1) is 11.2. The first kappa shape index (κ1) is 18.0. The Morgan fingerprint density at radius 3 is 2.38 bits per heavy atom. The van der Waals surface area contributed by atoms with Gasteiger partial charge in [0.15, 0.2) is 5.11 Å². The van der Waals surface area contributed by atoms with Gasteiger partial charge in [-0.25, -0.2) is 4.39 Å². The van der Waals surface area contributed by atoms with E-state index in [4.69, 9.17) is 18.0 Å². The summed E-state index contributed by atoms with van der Waals surface area (Å²) < 4.78 is 51.2.